The number of rotatable bonds is 24. The Morgan fingerprint density at radius 1 is 0.421 bits per heavy atom. The Balaban J connectivity index is 0.000000132. The van der Waals surface area contributed by atoms with Crippen molar-refractivity contribution in [2.75, 3.05) is 72.7 Å². The Hall–Kier alpha value is -16.7. The highest BCUT2D eigenvalue weighted by Crippen LogP contribution is 2.44. The van der Waals surface area contributed by atoms with Gasteiger partial charge in [0.2, 0.25) is 29.1 Å². The van der Waals surface area contributed by atoms with E-state index in [9.17, 15) is 59.1 Å². The highest BCUT2D eigenvalue weighted by molar-refractivity contribution is 6.14. The summed E-state index contributed by atoms with van der Waals surface area (Å²) in [7, 11) is 0.815. The van der Waals surface area contributed by atoms with Crippen LogP contribution in [0.25, 0.3) is 22.1 Å². The van der Waals surface area contributed by atoms with Gasteiger partial charge in [0.25, 0.3) is 6.43 Å². The largest absolute Gasteiger partial charge is 0.497 e. The molecule has 0 atom stereocenters. The molecule has 19 rings (SSSR count). The predicted octanol–water partition coefficient (Wildman–Crippen LogP) is 18.7. The van der Waals surface area contributed by atoms with Gasteiger partial charge in [-0.15, -0.1) is 10.2 Å². The maximum atomic E-state index is 13.9. The number of pyridine rings is 7. The molecule has 8 amide bonds. The molecule has 4 aliphatic rings. The van der Waals surface area contributed by atoms with Gasteiger partial charge < -0.3 is 42.5 Å². The molecule has 15 aromatic rings. The Bertz CT molecular complexity index is 6770. The number of urea groups is 4. The minimum atomic E-state index is -2.95. The zero-order valence-corrected chi connectivity index (χ0v) is 71.3. The van der Waals surface area contributed by atoms with Crippen LogP contribution < -0.4 is 82.7 Å². The molecule has 0 unspecified atom stereocenters. The molecule has 0 fully saturated rings. The van der Waals surface area contributed by atoms with E-state index in [-0.39, 0.29) is 72.0 Å². The van der Waals surface area contributed by atoms with Gasteiger partial charge in [-0.2, -0.15) is 56.5 Å². The number of amides is 8. The summed E-state index contributed by atoms with van der Waals surface area (Å²) in [5.41, 5.74) is 10.2. The van der Waals surface area contributed by atoms with Crippen molar-refractivity contribution in [3.8, 4) is 46.5 Å². The lowest BCUT2D eigenvalue weighted by Gasteiger charge is -2.36. The van der Waals surface area contributed by atoms with E-state index in [2.05, 4.69) is 54.5 Å². The van der Waals surface area contributed by atoms with Crippen molar-refractivity contribution in [3.63, 3.8) is 0 Å². The first-order valence-corrected chi connectivity index (χ1v) is 41.0. The normalized spacial score (nSPS) is 13.9. The number of benzene rings is 5. The Morgan fingerprint density at radius 2 is 0.812 bits per heavy atom. The number of hydrogen-bond donors (Lipinski definition) is 0. The van der Waals surface area contributed by atoms with Crippen LogP contribution in [0.1, 0.15) is 52.8 Å². The number of nitrogens with zero attached hydrogens (tertiary/aromatic N) is 20. The molecule has 5 aromatic carbocycles. The van der Waals surface area contributed by atoms with Gasteiger partial charge in [0.15, 0.2) is 12.3 Å². The van der Waals surface area contributed by atoms with E-state index in [1.54, 1.807) is 115 Å². The monoisotopic (exact) mass is 1830 g/mol. The van der Waals surface area contributed by atoms with E-state index in [1.165, 1.54) is 138 Å². The molecule has 0 N–H and O–H groups in total. The van der Waals surface area contributed by atoms with Crippen molar-refractivity contribution < 1.29 is 96.3 Å². The van der Waals surface area contributed by atoms with Crippen LogP contribution in [0.15, 0.2) is 242 Å². The zero-order chi connectivity index (χ0) is 95.9. The number of alkyl halides is 8. The van der Waals surface area contributed by atoms with Gasteiger partial charge in [-0.05, 0) is 204 Å². The third-order valence-electron chi connectivity index (χ3n) is 21.1. The Morgan fingerprint density at radius 3 is 1.23 bits per heavy atom. The second-order valence-corrected chi connectivity index (χ2v) is 29.4. The molecule has 4 aliphatic heterocycles. The lowest BCUT2D eigenvalue weighted by atomic mass is 10.1. The van der Waals surface area contributed by atoms with E-state index < -0.39 is 52.0 Å². The topological polar surface area (TPSA) is 307 Å². The summed E-state index contributed by atoms with van der Waals surface area (Å²) in [5, 5.41) is 17.4. The summed E-state index contributed by atoms with van der Waals surface area (Å²) in [6.07, 6.45) is 5.67. The average Bonchev–Trinajstić information content (AvgIpc) is 0.863. The van der Waals surface area contributed by atoms with E-state index in [0.29, 0.717) is 118 Å². The lowest BCUT2D eigenvalue weighted by Crippen LogP contribution is -2.45. The van der Waals surface area contributed by atoms with Crippen LogP contribution in [0.3, 0.4) is 0 Å². The quantitative estimate of drug-likeness (QED) is 0.0507. The summed E-state index contributed by atoms with van der Waals surface area (Å²) in [5.74, 6) is 2.57. The SMILES string of the molecule is CCOc1ccc2c(n1)N(c1ccc(OC(F)F)cc1)C(=O)N(c1ccc(=O)n(C)c1)C2.CCOc1ccc2c(n1)N(c1ccc(OC(F)F)cc1)C(=O)N(c1ccc3nncn3c1)C2.CCOc1ccc2c(n1)N(c1ccc(OC(F)F)cc1)C(=O)N(c1ccn3nccc3c1)C2.[2H]C([2H])([2H])Oc1ccc(N2C(=O)N(c3ccc4nn(C)c(C)c4c3)Cc3ccc(OCC(F)F)nc32)cc1. The number of halogens is 8. The summed E-state index contributed by atoms with van der Waals surface area (Å²) in [6.45, 7) is 0.0486. The molecule has 0 aliphatic carbocycles. The fraction of sp³-hybridized carbons (Fsp3) is 0.207. The molecule has 0 bridgehead atoms. The van der Waals surface area contributed by atoms with Crippen LogP contribution in [-0.2, 0) is 40.3 Å². The standard InChI is InChI=1S/C25H23F2N5O3.C23H19F2N5O3.C22H18F2N6O3.C22H20F2N4O4/c1-15-20-12-18(7-10-21(20)29-30(15)2)31-13-16-4-11-23(35-14-22(26)27)28-24(16)32(25(31)33)17-5-8-19(34-3)9-6-17;1-2-32-20-8-3-15-14-28(17-10-12-29-18(13-17)9-11-26-29)23(31)30(21(15)27-20)16-4-6-19(7-5-16)33-22(24)25;1-2-32-19-10-3-14-11-29(16-6-9-18-27-25-13-28(18)12-16)22(31)30(20(14)26-19)15-4-7-17(8-5-15)33-21(23)24;1-3-31-18-10-4-14-12-27(16-7-11-19(29)26(2)13-16)22(30)28(20(14)25-18)15-5-8-17(9-6-15)32-21(23)24/h4-12,22H,13-14H2,1-3H3;3-13,22H,2,14H2,1H3;3-10,12-13,21H,2,11H2,1H3;4-11,13,21H,3,12H2,1-2H3/i3D3;;;. The number of aromatic nitrogens is 12. The van der Waals surface area contributed by atoms with Gasteiger partial charge in [-0.3, -0.25) is 33.5 Å². The van der Waals surface area contributed by atoms with Crippen LogP contribution >= 0.6 is 0 Å². The lowest BCUT2D eigenvalue weighted by molar-refractivity contribution is -0.0505. The molecule has 33 nitrogen and oxygen atoms in total. The maximum absolute atomic E-state index is 13.9. The summed E-state index contributed by atoms with van der Waals surface area (Å²) in [6, 6.07) is 53.2. The van der Waals surface area contributed by atoms with Gasteiger partial charge in [0.1, 0.15) is 52.6 Å². The van der Waals surface area contributed by atoms with Gasteiger partial charge in [-0.25, -0.2) is 52.1 Å². The maximum Gasteiger partial charge on any atom is 0.387 e. The van der Waals surface area contributed by atoms with Crippen molar-refractivity contribution in [2.45, 2.75) is 80.1 Å². The summed E-state index contributed by atoms with van der Waals surface area (Å²) < 4.78 is 169. The molecule has 0 spiro atoms. The number of aryl methyl sites for hydroxylation is 3. The third-order valence-corrected chi connectivity index (χ3v) is 21.1. The van der Waals surface area contributed by atoms with Crippen molar-refractivity contribution in [1.82, 2.24) is 58.5 Å². The minimum Gasteiger partial charge on any atom is -0.497 e. The third kappa shape index (κ3) is 19.5. The zero-order valence-electron chi connectivity index (χ0n) is 74.3. The smallest absolute Gasteiger partial charge is 0.387 e. The molecule has 41 heteroatoms. The molecule has 0 saturated heterocycles. The van der Waals surface area contributed by atoms with Gasteiger partial charge in [-0.1, -0.05) is 0 Å². The number of anilines is 12. The first-order chi connectivity index (χ1) is 65.4. The molecule has 133 heavy (non-hydrogen) atoms. The number of ether oxygens (including phenoxy) is 8. The van der Waals surface area contributed by atoms with E-state index in [4.69, 9.17) is 27.8 Å². The van der Waals surface area contributed by atoms with E-state index >= 15 is 0 Å². The number of carbonyl (C=O) groups excluding carboxylic acids is 4. The second-order valence-electron chi connectivity index (χ2n) is 29.4. The Labute approximate surface area is 755 Å². The Kier molecular flexibility index (Phi) is 25.2. The number of carbonyl (C=O) groups is 4. The molecule has 0 radical (unpaired) electrons. The molecule has 14 heterocycles. The summed E-state index contributed by atoms with van der Waals surface area (Å²) >= 11 is 0. The van der Waals surface area contributed by atoms with Crippen LogP contribution in [-0.4, -0.2) is 142 Å². The molecule has 682 valence electrons. The van der Waals surface area contributed by atoms with Crippen LogP contribution in [0.2, 0.25) is 0 Å². The first kappa shape index (κ1) is 85.8. The predicted molar refractivity (Wildman–Crippen MR) is 474 cm³/mol. The minimum absolute atomic E-state index is 0.00232. The van der Waals surface area contributed by atoms with Crippen LogP contribution in [0.5, 0.6) is 46.5 Å². The van der Waals surface area contributed by atoms with E-state index in [1.807, 2.05) is 83.3 Å². The number of hydrogen-bond acceptors (Lipinski definition) is 21. The van der Waals surface area contributed by atoms with E-state index in [0.717, 1.165) is 38.8 Å². The van der Waals surface area contributed by atoms with Crippen LogP contribution in [0.4, 0.5) is 123 Å². The fourth-order valence-corrected chi connectivity index (χ4v) is 14.8. The van der Waals surface area contributed by atoms with Crippen molar-refractivity contribution >= 4 is 115 Å². The van der Waals surface area contributed by atoms with Crippen LogP contribution in [0, 0.1) is 6.92 Å². The number of fused-ring (bicyclic) bond motifs is 7. The molecule has 10 aromatic heterocycles. The van der Waals surface area contributed by atoms with Crippen molar-refractivity contribution in [1.29, 1.82) is 0 Å². The molecular formula is C92H80F8N20O13. The van der Waals surface area contributed by atoms with Gasteiger partial charge >= 0.3 is 44.0 Å². The highest BCUT2D eigenvalue weighted by atomic mass is 19.3. The van der Waals surface area contributed by atoms with Gasteiger partial charge in [0.05, 0.1) is 102 Å². The first-order valence-electron chi connectivity index (χ1n) is 42.5. The van der Waals surface area contributed by atoms with Crippen molar-refractivity contribution in [2.24, 2.45) is 14.1 Å². The second kappa shape index (κ2) is 39.1. The number of methoxy groups -OCH3 is 1. The van der Waals surface area contributed by atoms with Crippen molar-refractivity contribution in [3.05, 3.63) is 276 Å². The highest BCUT2D eigenvalue weighted by Gasteiger charge is 2.40. The fourth-order valence-electron chi connectivity index (χ4n) is 14.8. The molecular weight excluding hydrogens is 1750 g/mol. The van der Waals surface area contributed by atoms with Gasteiger partial charge in [0, 0.05) is 114 Å². The molecule has 0 saturated carbocycles. The summed E-state index contributed by atoms with van der Waals surface area (Å²) in [4.78, 5) is 96.4. The average molecular weight is 1830 g/mol.